The monoisotopic (exact) mass is 429 g/mol. The third-order valence-electron chi connectivity index (χ3n) is 7.93. The summed E-state index contributed by atoms with van der Waals surface area (Å²) >= 11 is 0. The fourth-order valence-electron chi connectivity index (χ4n) is 4.89. The lowest BCUT2D eigenvalue weighted by Crippen LogP contribution is -2.60. The van der Waals surface area contributed by atoms with Gasteiger partial charge in [0.05, 0.1) is 0 Å². The zero-order valence-electron chi connectivity index (χ0n) is 21.2. The minimum Gasteiger partial charge on any atom is -0.352 e. The van der Waals surface area contributed by atoms with E-state index in [1.807, 2.05) is 19.1 Å². The fourth-order valence-corrected chi connectivity index (χ4v) is 4.89. The Bertz CT molecular complexity index is 700. The first-order valence-corrected chi connectivity index (χ1v) is 12.5. The van der Waals surface area contributed by atoms with E-state index in [1.54, 1.807) is 0 Å². The number of carbonyl (C=O) groups excluding carboxylic acids is 1. The van der Waals surface area contributed by atoms with Crippen LogP contribution in [0.3, 0.4) is 0 Å². The first-order valence-electron chi connectivity index (χ1n) is 12.5. The molecule has 0 bridgehead atoms. The van der Waals surface area contributed by atoms with Crippen LogP contribution >= 0.6 is 0 Å². The maximum absolute atomic E-state index is 12.4. The maximum atomic E-state index is 12.4. The smallest absolute Gasteiger partial charge is 0.251 e. The number of likely N-dealkylation sites (tertiary alicyclic amines) is 1. The van der Waals surface area contributed by atoms with Crippen molar-refractivity contribution >= 4 is 5.91 Å². The molecule has 1 aliphatic rings. The van der Waals surface area contributed by atoms with Gasteiger partial charge in [-0.05, 0) is 90.1 Å². The molecule has 2 N–H and O–H groups in total. The number of rotatable bonds is 11. The maximum Gasteiger partial charge on any atom is 0.251 e. The van der Waals surface area contributed by atoms with E-state index in [0.29, 0.717) is 18.0 Å². The van der Waals surface area contributed by atoms with Gasteiger partial charge in [-0.15, -0.1) is 0 Å². The van der Waals surface area contributed by atoms with Crippen molar-refractivity contribution in [2.45, 2.75) is 104 Å². The number of piperidine rings is 1. The van der Waals surface area contributed by atoms with Crippen LogP contribution in [0, 0.1) is 19.8 Å². The minimum atomic E-state index is 0.0607. The van der Waals surface area contributed by atoms with Gasteiger partial charge in [-0.25, -0.2) is 0 Å². The molecule has 0 radical (unpaired) electrons. The molecule has 0 aromatic heterocycles. The van der Waals surface area contributed by atoms with Gasteiger partial charge in [0.25, 0.3) is 5.91 Å². The molecule has 1 amide bonds. The average Bonchev–Trinajstić information content (AvgIpc) is 2.73. The van der Waals surface area contributed by atoms with Crippen molar-refractivity contribution in [2.24, 2.45) is 5.92 Å². The Labute approximate surface area is 191 Å². The van der Waals surface area contributed by atoms with E-state index in [4.69, 9.17) is 0 Å². The summed E-state index contributed by atoms with van der Waals surface area (Å²) in [5.74, 6) is 0.705. The van der Waals surface area contributed by atoms with Crippen LogP contribution in [0.15, 0.2) is 18.2 Å². The van der Waals surface area contributed by atoms with Gasteiger partial charge in [-0.1, -0.05) is 45.2 Å². The van der Waals surface area contributed by atoms with Gasteiger partial charge in [0.15, 0.2) is 0 Å². The molecule has 1 saturated heterocycles. The Balaban J connectivity index is 1.71. The molecule has 31 heavy (non-hydrogen) atoms. The van der Waals surface area contributed by atoms with Gasteiger partial charge in [0.1, 0.15) is 0 Å². The SMILES string of the molecule is CCCC(CCCCCNC(=O)c1cccc(C)c1C)NC1CCN(C)C(C)(C)C1C. The average molecular weight is 430 g/mol. The van der Waals surface area contributed by atoms with Crippen molar-refractivity contribution in [2.75, 3.05) is 20.1 Å². The Morgan fingerprint density at radius 2 is 1.94 bits per heavy atom. The van der Waals surface area contributed by atoms with Crippen LogP contribution in [0.2, 0.25) is 0 Å². The molecular weight excluding hydrogens is 382 g/mol. The predicted molar refractivity (Wildman–Crippen MR) is 133 cm³/mol. The number of amides is 1. The molecule has 1 fully saturated rings. The molecular formula is C27H47N3O. The summed E-state index contributed by atoms with van der Waals surface area (Å²) in [6, 6.07) is 7.16. The van der Waals surface area contributed by atoms with Gasteiger partial charge in [0, 0.05) is 29.7 Å². The molecule has 1 aliphatic heterocycles. The quantitative estimate of drug-likeness (QED) is 0.458. The molecule has 0 aliphatic carbocycles. The molecule has 1 aromatic carbocycles. The summed E-state index contributed by atoms with van der Waals surface area (Å²) in [7, 11) is 2.26. The van der Waals surface area contributed by atoms with Gasteiger partial charge in [-0.3, -0.25) is 4.79 Å². The highest BCUT2D eigenvalue weighted by atomic mass is 16.1. The van der Waals surface area contributed by atoms with Crippen LogP contribution in [0.1, 0.15) is 94.1 Å². The second-order valence-corrected chi connectivity index (χ2v) is 10.3. The van der Waals surface area contributed by atoms with Crippen molar-refractivity contribution in [3.63, 3.8) is 0 Å². The Hall–Kier alpha value is -1.39. The molecule has 4 nitrogen and oxygen atoms in total. The second-order valence-electron chi connectivity index (χ2n) is 10.3. The third kappa shape index (κ3) is 7.05. The number of carbonyl (C=O) groups is 1. The van der Waals surface area contributed by atoms with Crippen molar-refractivity contribution in [3.05, 3.63) is 34.9 Å². The summed E-state index contributed by atoms with van der Waals surface area (Å²) in [6.07, 6.45) is 8.40. The van der Waals surface area contributed by atoms with Gasteiger partial charge >= 0.3 is 0 Å². The molecule has 176 valence electrons. The third-order valence-corrected chi connectivity index (χ3v) is 7.93. The fraction of sp³-hybridized carbons (Fsp3) is 0.741. The lowest BCUT2D eigenvalue weighted by Gasteiger charge is -2.50. The zero-order chi connectivity index (χ0) is 23.0. The first-order chi connectivity index (χ1) is 14.7. The van der Waals surface area contributed by atoms with Crippen LogP contribution in [0.5, 0.6) is 0 Å². The van der Waals surface area contributed by atoms with Crippen molar-refractivity contribution in [1.29, 1.82) is 0 Å². The summed E-state index contributed by atoms with van der Waals surface area (Å²) in [5, 5.41) is 7.13. The largest absolute Gasteiger partial charge is 0.352 e. The molecule has 1 aromatic rings. The lowest BCUT2D eigenvalue weighted by molar-refractivity contribution is 0.0254. The minimum absolute atomic E-state index is 0.0607. The normalized spacial score (nSPS) is 22.3. The van der Waals surface area contributed by atoms with Gasteiger partial charge in [-0.2, -0.15) is 0 Å². The molecule has 0 spiro atoms. The number of benzene rings is 1. The lowest BCUT2D eigenvalue weighted by atomic mass is 9.77. The molecule has 0 saturated carbocycles. The number of hydrogen-bond acceptors (Lipinski definition) is 3. The van der Waals surface area contributed by atoms with Crippen LogP contribution < -0.4 is 10.6 Å². The summed E-state index contributed by atoms with van der Waals surface area (Å²) in [4.78, 5) is 15.0. The Kier molecular flexibility index (Phi) is 10.0. The molecule has 2 rings (SSSR count). The zero-order valence-corrected chi connectivity index (χ0v) is 21.2. The molecule has 3 unspecified atom stereocenters. The van der Waals surface area contributed by atoms with Crippen LogP contribution in [-0.2, 0) is 0 Å². The standard InChI is InChI=1S/C27H47N3O/c1-8-13-23(29-25-17-19-30(7)27(5,6)22(25)4)15-10-9-11-18-28-26(31)24-16-12-14-20(2)21(24)3/h12,14,16,22-23,25,29H,8-11,13,15,17-19H2,1-7H3,(H,28,31). The van der Waals surface area contributed by atoms with E-state index in [0.717, 1.165) is 24.1 Å². The Morgan fingerprint density at radius 1 is 1.19 bits per heavy atom. The van der Waals surface area contributed by atoms with E-state index < -0.39 is 0 Å². The highest BCUT2D eigenvalue weighted by molar-refractivity contribution is 5.95. The summed E-state index contributed by atoms with van der Waals surface area (Å²) in [5.41, 5.74) is 3.31. The first kappa shape index (κ1) is 25.9. The summed E-state index contributed by atoms with van der Waals surface area (Å²) in [6.45, 7) is 15.5. The van der Waals surface area contributed by atoms with E-state index in [9.17, 15) is 4.79 Å². The molecule has 1 heterocycles. The van der Waals surface area contributed by atoms with Crippen LogP contribution in [0.4, 0.5) is 0 Å². The molecule has 3 atom stereocenters. The van der Waals surface area contributed by atoms with Crippen LogP contribution in [0.25, 0.3) is 0 Å². The number of aryl methyl sites for hydroxylation is 1. The van der Waals surface area contributed by atoms with Crippen molar-refractivity contribution < 1.29 is 4.79 Å². The number of unbranched alkanes of at least 4 members (excludes halogenated alkanes) is 2. The topological polar surface area (TPSA) is 44.4 Å². The highest BCUT2D eigenvalue weighted by Crippen LogP contribution is 2.32. The van der Waals surface area contributed by atoms with E-state index in [1.165, 1.54) is 50.6 Å². The van der Waals surface area contributed by atoms with Gasteiger partial charge < -0.3 is 15.5 Å². The molecule has 4 heteroatoms. The second kappa shape index (κ2) is 12.0. The van der Waals surface area contributed by atoms with Crippen molar-refractivity contribution in [3.8, 4) is 0 Å². The van der Waals surface area contributed by atoms with Crippen molar-refractivity contribution in [1.82, 2.24) is 15.5 Å². The van der Waals surface area contributed by atoms with E-state index in [2.05, 4.69) is 63.3 Å². The highest BCUT2D eigenvalue weighted by Gasteiger charge is 2.39. The van der Waals surface area contributed by atoms with E-state index >= 15 is 0 Å². The van der Waals surface area contributed by atoms with Gasteiger partial charge in [0.2, 0.25) is 0 Å². The number of hydrogen-bond donors (Lipinski definition) is 2. The number of nitrogens with one attached hydrogen (secondary N) is 2. The predicted octanol–water partition coefficient (Wildman–Crippen LogP) is 5.47. The number of nitrogens with zero attached hydrogens (tertiary/aromatic N) is 1. The Morgan fingerprint density at radius 3 is 2.65 bits per heavy atom. The van der Waals surface area contributed by atoms with E-state index in [-0.39, 0.29) is 11.4 Å². The van der Waals surface area contributed by atoms with Crippen LogP contribution in [-0.4, -0.2) is 48.6 Å². The summed E-state index contributed by atoms with van der Waals surface area (Å²) < 4.78 is 0.